The van der Waals surface area contributed by atoms with Gasteiger partial charge in [-0.3, -0.25) is 19.8 Å². The van der Waals surface area contributed by atoms with E-state index in [9.17, 15) is 14.9 Å². The number of hydrogen-bond acceptors (Lipinski definition) is 7. The minimum atomic E-state index is -0.473. The molecule has 9 nitrogen and oxygen atoms in total. The molecule has 2 N–H and O–H groups in total. The largest absolute Gasteiger partial charge is 0.497 e. The van der Waals surface area contributed by atoms with Crippen LogP contribution in [0.15, 0.2) is 66.7 Å². The fourth-order valence-corrected chi connectivity index (χ4v) is 4.49. The smallest absolute Gasteiger partial charge is 0.293 e. The number of amides is 1. The molecule has 202 valence electrons. The lowest BCUT2D eigenvalue weighted by molar-refractivity contribution is -0.384. The van der Waals surface area contributed by atoms with Gasteiger partial charge in [-0.2, -0.15) is 0 Å². The minimum absolute atomic E-state index is 0. The van der Waals surface area contributed by atoms with Crippen LogP contribution in [0.5, 0.6) is 5.75 Å². The highest BCUT2D eigenvalue weighted by atomic mass is 35.5. The quantitative estimate of drug-likeness (QED) is 0.190. The fourth-order valence-electron chi connectivity index (χ4n) is 4.31. The number of piperazine rings is 1. The molecule has 1 fully saturated rings. The number of nitro groups is 1. The monoisotopic (exact) mass is 559 g/mol. The Morgan fingerprint density at radius 1 is 1.05 bits per heavy atom. The molecule has 0 atom stereocenters. The zero-order valence-electron chi connectivity index (χ0n) is 21.1. The third-order valence-corrected chi connectivity index (χ3v) is 6.53. The number of carbonyl (C=O) groups is 1. The maximum absolute atomic E-state index is 12.7. The van der Waals surface area contributed by atoms with Crippen LogP contribution in [0.2, 0.25) is 5.02 Å². The molecular formula is C27H31Cl2N5O4. The van der Waals surface area contributed by atoms with Gasteiger partial charge in [-0.25, -0.2) is 0 Å². The third-order valence-electron chi connectivity index (χ3n) is 6.30. The minimum Gasteiger partial charge on any atom is -0.497 e. The second kappa shape index (κ2) is 13.9. The Morgan fingerprint density at radius 2 is 1.82 bits per heavy atom. The van der Waals surface area contributed by atoms with Crippen molar-refractivity contribution in [1.29, 1.82) is 0 Å². The Hall–Kier alpha value is -3.53. The molecule has 1 amide bonds. The summed E-state index contributed by atoms with van der Waals surface area (Å²) >= 11 is 6.12. The van der Waals surface area contributed by atoms with E-state index in [0.717, 1.165) is 49.9 Å². The Bertz CT molecular complexity index is 1250. The van der Waals surface area contributed by atoms with Crippen LogP contribution in [0.3, 0.4) is 0 Å². The molecule has 3 aromatic carbocycles. The van der Waals surface area contributed by atoms with Crippen molar-refractivity contribution in [2.24, 2.45) is 0 Å². The summed E-state index contributed by atoms with van der Waals surface area (Å²) in [5.41, 5.74) is 2.16. The van der Waals surface area contributed by atoms with Gasteiger partial charge in [-0.15, -0.1) is 12.4 Å². The molecule has 1 heterocycles. The van der Waals surface area contributed by atoms with E-state index < -0.39 is 10.8 Å². The number of ether oxygens (including phenoxy) is 1. The number of halogens is 2. The first-order chi connectivity index (χ1) is 17.9. The number of nitrogens with zero attached hydrogens (tertiary/aromatic N) is 3. The molecule has 1 aliphatic heterocycles. The number of rotatable bonds is 10. The molecule has 1 saturated heterocycles. The summed E-state index contributed by atoms with van der Waals surface area (Å²) in [5, 5.41) is 18.3. The van der Waals surface area contributed by atoms with Crippen molar-refractivity contribution in [1.82, 2.24) is 4.90 Å². The van der Waals surface area contributed by atoms with Gasteiger partial charge in [0.1, 0.15) is 11.4 Å². The molecule has 0 aliphatic carbocycles. The van der Waals surface area contributed by atoms with Crippen LogP contribution >= 0.6 is 24.0 Å². The van der Waals surface area contributed by atoms with E-state index in [1.165, 1.54) is 6.07 Å². The van der Waals surface area contributed by atoms with Crippen molar-refractivity contribution in [3.8, 4) is 5.75 Å². The van der Waals surface area contributed by atoms with Crippen molar-refractivity contribution in [3.05, 3.63) is 87.4 Å². The molecule has 1 aliphatic rings. The average molecular weight is 560 g/mol. The number of nitrogens with one attached hydrogen (secondary N) is 2. The van der Waals surface area contributed by atoms with Gasteiger partial charge in [-0.05, 0) is 55.4 Å². The van der Waals surface area contributed by atoms with Gasteiger partial charge in [0.05, 0.1) is 12.0 Å². The first-order valence-electron chi connectivity index (χ1n) is 12.1. The lowest BCUT2D eigenvalue weighted by Crippen LogP contribution is -2.46. The predicted octanol–water partition coefficient (Wildman–Crippen LogP) is 5.56. The number of benzene rings is 3. The average Bonchev–Trinajstić information content (AvgIpc) is 2.91. The van der Waals surface area contributed by atoms with E-state index in [2.05, 4.69) is 26.5 Å². The van der Waals surface area contributed by atoms with Crippen LogP contribution < -0.4 is 20.3 Å². The summed E-state index contributed by atoms with van der Waals surface area (Å²) in [6, 6.07) is 19.3. The fraction of sp³-hybridized carbons (Fsp3) is 0.296. The summed E-state index contributed by atoms with van der Waals surface area (Å²) in [6.07, 6.45) is 0.840. The van der Waals surface area contributed by atoms with Gasteiger partial charge in [0, 0.05) is 66.8 Å². The molecular weight excluding hydrogens is 529 g/mol. The third kappa shape index (κ3) is 7.74. The van der Waals surface area contributed by atoms with Crippen LogP contribution in [-0.4, -0.2) is 62.1 Å². The van der Waals surface area contributed by atoms with Crippen molar-refractivity contribution >= 4 is 52.7 Å². The number of carbonyl (C=O) groups excluding carboxylic acids is 1. The van der Waals surface area contributed by atoms with E-state index in [-0.39, 0.29) is 23.7 Å². The number of methoxy groups -OCH3 is 1. The van der Waals surface area contributed by atoms with Crippen LogP contribution in [0.1, 0.15) is 16.8 Å². The van der Waals surface area contributed by atoms with Gasteiger partial charge in [0.25, 0.3) is 11.6 Å². The van der Waals surface area contributed by atoms with Crippen LogP contribution in [-0.2, 0) is 0 Å². The van der Waals surface area contributed by atoms with E-state index in [1.807, 2.05) is 18.2 Å². The summed E-state index contributed by atoms with van der Waals surface area (Å²) in [7, 11) is 1.54. The molecule has 11 heteroatoms. The van der Waals surface area contributed by atoms with E-state index >= 15 is 0 Å². The standard InChI is InChI=1S/C27H30ClN5O4.ClH/c1-37-24-8-3-6-22(19-24)30-27(34)20-9-10-25(26(17-20)33(35)36)29-11-4-12-31-13-15-32(16-14-31)23-7-2-5-21(28)18-23;/h2-3,5-10,17-19,29H,4,11-16H2,1H3,(H,30,34);1H. The normalized spacial score (nSPS) is 13.4. The molecule has 0 unspecified atom stereocenters. The molecule has 0 bridgehead atoms. The Morgan fingerprint density at radius 3 is 2.53 bits per heavy atom. The Balaban J connectivity index is 0.00000400. The van der Waals surface area contributed by atoms with Crippen molar-refractivity contribution < 1.29 is 14.5 Å². The summed E-state index contributed by atoms with van der Waals surface area (Å²) in [6.45, 7) is 5.24. The molecule has 4 rings (SSSR count). The molecule has 38 heavy (non-hydrogen) atoms. The highest BCUT2D eigenvalue weighted by molar-refractivity contribution is 6.30. The predicted molar refractivity (Wildman–Crippen MR) is 155 cm³/mol. The molecule has 3 aromatic rings. The number of hydrogen-bond donors (Lipinski definition) is 2. The second-order valence-corrected chi connectivity index (χ2v) is 9.20. The van der Waals surface area contributed by atoms with Gasteiger partial charge >= 0.3 is 0 Å². The molecule has 0 aromatic heterocycles. The number of nitro benzene ring substituents is 1. The van der Waals surface area contributed by atoms with Crippen molar-refractivity contribution in [2.45, 2.75) is 6.42 Å². The van der Waals surface area contributed by atoms with Gasteiger partial charge in [0.15, 0.2) is 0 Å². The van der Waals surface area contributed by atoms with Crippen molar-refractivity contribution in [3.63, 3.8) is 0 Å². The number of anilines is 3. The summed E-state index contributed by atoms with van der Waals surface area (Å²) in [5.74, 6) is 0.172. The first kappa shape index (κ1) is 29.0. The highest BCUT2D eigenvalue weighted by Crippen LogP contribution is 2.27. The lowest BCUT2D eigenvalue weighted by Gasteiger charge is -2.36. The maximum Gasteiger partial charge on any atom is 0.293 e. The van der Waals surface area contributed by atoms with E-state index in [0.29, 0.717) is 23.7 Å². The first-order valence-corrected chi connectivity index (χ1v) is 12.5. The summed E-state index contributed by atoms with van der Waals surface area (Å²) in [4.78, 5) is 28.6. The molecule has 0 radical (unpaired) electrons. The zero-order chi connectivity index (χ0) is 26.2. The van der Waals surface area contributed by atoms with Crippen LogP contribution in [0.4, 0.5) is 22.7 Å². The second-order valence-electron chi connectivity index (χ2n) is 8.76. The molecule has 0 saturated carbocycles. The van der Waals surface area contributed by atoms with E-state index in [4.69, 9.17) is 16.3 Å². The highest BCUT2D eigenvalue weighted by Gasteiger charge is 2.19. The SMILES string of the molecule is COc1cccc(NC(=O)c2ccc(NCCCN3CCN(c4cccc(Cl)c4)CC3)c([N+](=O)[O-])c2)c1.Cl. The zero-order valence-corrected chi connectivity index (χ0v) is 22.6. The Kier molecular flexibility index (Phi) is 10.6. The summed E-state index contributed by atoms with van der Waals surface area (Å²) < 4.78 is 5.16. The van der Waals surface area contributed by atoms with Gasteiger partial charge in [-0.1, -0.05) is 23.7 Å². The molecule has 0 spiro atoms. The van der Waals surface area contributed by atoms with Gasteiger partial charge in [0.2, 0.25) is 0 Å². The Labute approximate surface area is 233 Å². The van der Waals surface area contributed by atoms with Crippen LogP contribution in [0.25, 0.3) is 0 Å². The van der Waals surface area contributed by atoms with Gasteiger partial charge < -0.3 is 20.3 Å². The van der Waals surface area contributed by atoms with Crippen molar-refractivity contribution in [2.75, 3.05) is 61.9 Å². The van der Waals surface area contributed by atoms with E-state index in [1.54, 1.807) is 43.5 Å². The lowest BCUT2D eigenvalue weighted by atomic mass is 10.1. The maximum atomic E-state index is 12.7. The topological polar surface area (TPSA) is 100.0 Å². The van der Waals surface area contributed by atoms with Crippen LogP contribution in [0, 0.1) is 10.1 Å².